The first kappa shape index (κ1) is 26.9. The molecule has 0 amide bonds. The maximum Gasteiger partial charge on any atom is 0.490 e. The number of H-pyrrole nitrogens is 1. The molecule has 0 saturated carbocycles. The van der Waals surface area contributed by atoms with Gasteiger partial charge in [-0.15, -0.1) is 0 Å². The number of phosphoric acid groups is 3. The highest BCUT2D eigenvalue weighted by molar-refractivity contribution is 7.66. The van der Waals surface area contributed by atoms with Crippen LogP contribution in [0, 0.1) is 18.8 Å². The first-order chi connectivity index (χ1) is 14.6. The Balaban J connectivity index is 2.16. The molecule has 2 heterocycles. The highest BCUT2D eigenvalue weighted by atomic mass is 31.3. The summed E-state index contributed by atoms with van der Waals surface area (Å²) in [5.74, 6) is 4.99. The Morgan fingerprint density at radius 1 is 1.19 bits per heavy atom. The summed E-state index contributed by atoms with van der Waals surface area (Å²) < 4.78 is 65.1. The summed E-state index contributed by atoms with van der Waals surface area (Å²) in [4.78, 5) is 53.6. The molecule has 0 spiro atoms. The van der Waals surface area contributed by atoms with Gasteiger partial charge in [0.05, 0.1) is 6.61 Å². The first-order valence-electron chi connectivity index (χ1n) is 8.35. The Labute approximate surface area is 179 Å². The van der Waals surface area contributed by atoms with Gasteiger partial charge in [-0.3, -0.25) is 9.32 Å². The largest absolute Gasteiger partial charge is 0.490 e. The molecular formula is C13H18FN2O13P3. The van der Waals surface area contributed by atoms with E-state index in [0.29, 0.717) is 0 Å². The van der Waals surface area contributed by atoms with Gasteiger partial charge in [0.2, 0.25) is 0 Å². The van der Waals surface area contributed by atoms with E-state index in [-0.39, 0.29) is 17.1 Å². The van der Waals surface area contributed by atoms with Gasteiger partial charge in [0.15, 0.2) is 6.17 Å². The van der Waals surface area contributed by atoms with Crippen LogP contribution in [0.5, 0.6) is 0 Å². The predicted molar refractivity (Wildman–Crippen MR) is 100 cm³/mol. The van der Waals surface area contributed by atoms with Crippen molar-refractivity contribution in [3.05, 3.63) is 27.4 Å². The molecule has 6 atom stereocenters. The molecule has 19 heteroatoms. The fourth-order valence-electron chi connectivity index (χ4n) is 2.53. The number of aliphatic hydroxyl groups is 1. The normalized spacial score (nSPS) is 27.2. The first-order valence-corrected chi connectivity index (χ1v) is 12.9. The molecule has 1 fully saturated rings. The number of phosphoric ester groups is 1. The minimum Gasteiger partial charge on any atom is -0.387 e. The number of aliphatic hydroxyl groups excluding tert-OH is 1. The molecule has 32 heavy (non-hydrogen) atoms. The summed E-state index contributed by atoms with van der Waals surface area (Å²) in [6.07, 6.45) is -7.30. The molecule has 1 aliphatic heterocycles. The van der Waals surface area contributed by atoms with E-state index < -0.39 is 60.1 Å². The second-order valence-electron chi connectivity index (χ2n) is 6.20. The SMILES string of the molecule is CC#Cc1[nH]c(=O)c(C)nc1[C@@H]1O[C@H](COP(=O)(O)OP(=O)(O)OP(=O)(O)O)C(O)[C@@H]1F. The van der Waals surface area contributed by atoms with Crippen molar-refractivity contribution in [2.75, 3.05) is 6.61 Å². The van der Waals surface area contributed by atoms with Crippen LogP contribution >= 0.6 is 23.5 Å². The van der Waals surface area contributed by atoms with Crippen molar-refractivity contribution in [3.8, 4) is 11.8 Å². The lowest BCUT2D eigenvalue weighted by molar-refractivity contribution is -0.0233. The minimum atomic E-state index is -5.75. The summed E-state index contributed by atoms with van der Waals surface area (Å²) >= 11 is 0. The molecular weight excluding hydrogens is 504 g/mol. The van der Waals surface area contributed by atoms with Crippen LogP contribution in [0.4, 0.5) is 4.39 Å². The molecule has 3 unspecified atom stereocenters. The lowest BCUT2D eigenvalue weighted by Crippen LogP contribution is -2.31. The Morgan fingerprint density at radius 3 is 2.38 bits per heavy atom. The van der Waals surface area contributed by atoms with Gasteiger partial charge in [-0.25, -0.2) is 23.1 Å². The fourth-order valence-corrected chi connectivity index (χ4v) is 5.56. The van der Waals surface area contributed by atoms with Crippen molar-refractivity contribution in [2.24, 2.45) is 0 Å². The summed E-state index contributed by atoms with van der Waals surface area (Å²) in [5.41, 5.74) is -0.895. The van der Waals surface area contributed by atoms with Gasteiger partial charge in [0.25, 0.3) is 5.56 Å². The molecule has 0 bridgehead atoms. The van der Waals surface area contributed by atoms with Crippen LogP contribution in [0.3, 0.4) is 0 Å². The van der Waals surface area contributed by atoms with Gasteiger partial charge < -0.3 is 34.4 Å². The zero-order chi connectivity index (χ0) is 24.5. The Kier molecular flexibility index (Phi) is 8.34. The van der Waals surface area contributed by atoms with Gasteiger partial charge >= 0.3 is 23.5 Å². The summed E-state index contributed by atoms with van der Waals surface area (Å²) in [6, 6.07) is 0. The second-order valence-corrected chi connectivity index (χ2v) is 10.6. The van der Waals surface area contributed by atoms with E-state index in [1.54, 1.807) is 0 Å². The molecule has 1 aromatic rings. The molecule has 1 aromatic heterocycles. The van der Waals surface area contributed by atoms with Crippen LogP contribution in [0.25, 0.3) is 0 Å². The lowest BCUT2D eigenvalue weighted by atomic mass is 10.1. The lowest BCUT2D eigenvalue weighted by Gasteiger charge is -2.19. The van der Waals surface area contributed by atoms with Gasteiger partial charge in [0.1, 0.15) is 35.4 Å². The molecule has 0 radical (unpaired) electrons. The Bertz CT molecular complexity index is 1120. The zero-order valence-corrected chi connectivity index (χ0v) is 18.9. The van der Waals surface area contributed by atoms with E-state index in [4.69, 9.17) is 19.4 Å². The van der Waals surface area contributed by atoms with E-state index >= 15 is 0 Å². The topological polar surface area (TPSA) is 235 Å². The van der Waals surface area contributed by atoms with Gasteiger partial charge in [-0.05, 0) is 19.8 Å². The summed E-state index contributed by atoms with van der Waals surface area (Å²) in [7, 11) is -16.8. The third-order valence-corrected chi connectivity index (χ3v) is 7.57. The van der Waals surface area contributed by atoms with Crippen molar-refractivity contribution < 1.29 is 60.6 Å². The van der Waals surface area contributed by atoms with Crippen LogP contribution in [0.2, 0.25) is 0 Å². The standard InChI is InChI=1S/C13H18FN2O13P3/c1-3-4-7-10(15-6(2)13(18)16-7)12-9(14)11(17)8(27-12)5-26-31(22,23)29-32(24,25)28-30(19,20)21/h8-9,11-12,17H,5H2,1-2H3,(H,16,18)(H,22,23)(H,24,25)(H2,19,20,21)/t8-,9+,11?,12-/m1/s1. The van der Waals surface area contributed by atoms with Crippen molar-refractivity contribution in [2.45, 2.75) is 38.3 Å². The number of alkyl halides is 1. The van der Waals surface area contributed by atoms with Gasteiger partial charge in [0, 0.05) is 0 Å². The van der Waals surface area contributed by atoms with Crippen molar-refractivity contribution in [3.63, 3.8) is 0 Å². The second kappa shape index (κ2) is 9.90. The molecule has 15 nitrogen and oxygen atoms in total. The van der Waals surface area contributed by atoms with Crippen LogP contribution in [0.15, 0.2) is 4.79 Å². The monoisotopic (exact) mass is 522 g/mol. The summed E-state index contributed by atoms with van der Waals surface area (Å²) in [5, 5.41) is 10.1. The molecule has 2 rings (SSSR count). The number of ether oxygens (including phenoxy) is 1. The van der Waals surface area contributed by atoms with Crippen molar-refractivity contribution >= 4 is 23.5 Å². The Morgan fingerprint density at radius 2 is 1.81 bits per heavy atom. The highest BCUT2D eigenvalue weighted by Crippen LogP contribution is 2.66. The maximum absolute atomic E-state index is 14.7. The molecule has 0 aromatic carbocycles. The molecule has 6 N–H and O–H groups in total. The van der Waals surface area contributed by atoms with Crippen molar-refractivity contribution in [1.29, 1.82) is 0 Å². The number of nitrogens with one attached hydrogen (secondary N) is 1. The minimum absolute atomic E-state index is 0.0522. The average molecular weight is 522 g/mol. The number of aryl methyl sites for hydroxylation is 1. The summed E-state index contributed by atoms with van der Waals surface area (Å²) in [6.45, 7) is 1.69. The molecule has 0 aliphatic carbocycles. The third-order valence-electron chi connectivity index (χ3n) is 3.77. The quantitative estimate of drug-likeness (QED) is 0.194. The molecule has 1 saturated heterocycles. The number of halogens is 1. The van der Waals surface area contributed by atoms with Crippen LogP contribution in [0.1, 0.15) is 30.1 Å². The number of rotatable bonds is 8. The van der Waals surface area contributed by atoms with E-state index in [2.05, 4.69) is 35.0 Å². The van der Waals surface area contributed by atoms with E-state index in [9.17, 15) is 32.9 Å². The number of aromatic nitrogens is 2. The zero-order valence-electron chi connectivity index (χ0n) is 16.2. The molecule has 180 valence electrons. The smallest absolute Gasteiger partial charge is 0.387 e. The number of hydrogen-bond donors (Lipinski definition) is 6. The van der Waals surface area contributed by atoms with Crippen LogP contribution < -0.4 is 5.56 Å². The number of nitrogens with zero attached hydrogens (tertiary/aromatic N) is 1. The average Bonchev–Trinajstić information content (AvgIpc) is 2.88. The Hall–Kier alpha value is -1.30. The predicted octanol–water partition coefficient (Wildman–Crippen LogP) is -0.0681. The maximum atomic E-state index is 14.7. The van der Waals surface area contributed by atoms with E-state index in [0.717, 1.165) is 0 Å². The van der Waals surface area contributed by atoms with E-state index in [1.165, 1.54) is 13.8 Å². The van der Waals surface area contributed by atoms with Crippen molar-refractivity contribution in [1.82, 2.24) is 9.97 Å². The third kappa shape index (κ3) is 7.10. The highest BCUT2D eigenvalue weighted by Gasteiger charge is 2.48. The number of aromatic amines is 1. The van der Waals surface area contributed by atoms with Gasteiger partial charge in [-0.2, -0.15) is 8.62 Å². The fraction of sp³-hybridized carbons (Fsp3) is 0.538. The van der Waals surface area contributed by atoms with Crippen LogP contribution in [-0.2, 0) is 31.6 Å². The van der Waals surface area contributed by atoms with Crippen LogP contribution in [-0.4, -0.2) is 59.6 Å². The van der Waals surface area contributed by atoms with Gasteiger partial charge in [-0.1, -0.05) is 5.92 Å². The van der Waals surface area contributed by atoms with E-state index in [1.807, 2.05) is 0 Å². The number of hydrogen-bond acceptors (Lipinski definition) is 10. The molecule has 1 aliphatic rings.